The van der Waals surface area contributed by atoms with Gasteiger partial charge in [-0.25, -0.2) is 4.79 Å². The van der Waals surface area contributed by atoms with E-state index in [0.29, 0.717) is 25.9 Å². The number of hydrogen-bond donors (Lipinski definition) is 1. The van der Waals surface area contributed by atoms with Gasteiger partial charge in [0.2, 0.25) is 5.91 Å². The highest BCUT2D eigenvalue weighted by Crippen LogP contribution is 2.23. The molecular formula is C51H99NO7. The van der Waals surface area contributed by atoms with Crippen molar-refractivity contribution >= 4 is 17.8 Å². The van der Waals surface area contributed by atoms with Gasteiger partial charge in [0, 0.05) is 26.4 Å². The van der Waals surface area contributed by atoms with Gasteiger partial charge >= 0.3 is 11.9 Å². The summed E-state index contributed by atoms with van der Waals surface area (Å²) in [5, 5.41) is 2.83. The molecule has 1 amide bonds. The molecule has 0 aliphatic heterocycles. The Morgan fingerprint density at radius 1 is 0.492 bits per heavy atom. The van der Waals surface area contributed by atoms with E-state index in [1.807, 2.05) is 20.8 Å². The normalized spacial score (nSPS) is 13.3. The van der Waals surface area contributed by atoms with Crippen LogP contribution in [0, 0.1) is 0 Å². The van der Waals surface area contributed by atoms with Crippen LogP contribution < -0.4 is 5.32 Å². The first kappa shape index (κ1) is 57.3. The van der Waals surface area contributed by atoms with Gasteiger partial charge in [0.1, 0.15) is 6.61 Å². The molecule has 1 N–H and O–H groups in total. The molecule has 0 saturated heterocycles. The van der Waals surface area contributed by atoms with Crippen molar-refractivity contribution in [1.82, 2.24) is 5.32 Å². The van der Waals surface area contributed by atoms with Gasteiger partial charge in [-0.3, -0.25) is 9.59 Å². The first-order valence-corrected chi connectivity index (χ1v) is 25.3. The molecule has 0 rings (SSSR count). The average Bonchev–Trinajstić information content (AvgIpc) is 3.22. The number of carbonyl (C=O) groups excluding carboxylic acids is 3. The lowest BCUT2D eigenvalue weighted by Gasteiger charge is -2.31. The zero-order valence-corrected chi connectivity index (χ0v) is 40.3. The molecule has 0 aromatic heterocycles. The van der Waals surface area contributed by atoms with E-state index in [1.165, 1.54) is 154 Å². The van der Waals surface area contributed by atoms with Crippen molar-refractivity contribution in [2.24, 2.45) is 0 Å². The molecule has 0 heterocycles. The van der Waals surface area contributed by atoms with Crippen molar-refractivity contribution < 1.29 is 33.3 Å². The molecule has 0 aromatic carbocycles. The highest BCUT2D eigenvalue weighted by molar-refractivity contribution is 5.84. The van der Waals surface area contributed by atoms with E-state index in [-0.39, 0.29) is 30.7 Å². The fourth-order valence-electron chi connectivity index (χ4n) is 7.45. The van der Waals surface area contributed by atoms with Crippen LogP contribution in [-0.2, 0) is 33.3 Å². The standard InChI is InChI=1S/C51H99NO7/c1-8-11-13-15-17-19-21-23-25-27-29-31-33-35-37-39-47(53)52-46(49(55)57-43-42-51(6,10-3)59-44-41-50(4,5)56-7)45-58-48(54)40-38-36-34-32-30-28-26-24-22-20-18-16-14-12-9-2/h46H,8-45H2,1-7H3,(H,52,53). The Balaban J connectivity index is 4.58. The first-order chi connectivity index (χ1) is 28.5. The molecule has 0 aliphatic rings. The van der Waals surface area contributed by atoms with Crippen LogP contribution in [-0.4, -0.2) is 62.0 Å². The van der Waals surface area contributed by atoms with Crippen LogP contribution in [0.15, 0.2) is 0 Å². The van der Waals surface area contributed by atoms with E-state index in [4.69, 9.17) is 18.9 Å². The molecule has 2 unspecified atom stereocenters. The van der Waals surface area contributed by atoms with Gasteiger partial charge < -0.3 is 24.3 Å². The summed E-state index contributed by atoms with van der Waals surface area (Å²) in [5.74, 6) is -1.11. The van der Waals surface area contributed by atoms with Gasteiger partial charge in [0.15, 0.2) is 6.04 Å². The molecule has 59 heavy (non-hydrogen) atoms. The van der Waals surface area contributed by atoms with Crippen LogP contribution in [0.1, 0.15) is 266 Å². The van der Waals surface area contributed by atoms with Gasteiger partial charge in [0.25, 0.3) is 0 Å². The number of rotatable bonds is 45. The number of ether oxygens (including phenoxy) is 4. The summed E-state index contributed by atoms with van der Waals surface area (Å²) in [7, 11) is 1.70. The Bertz CT molecular complexity index is 972. The number of esters is 2. The van der Waals surface area contributed by atoms with Crippen molar-refractivity contribution in [3.8, 4) is 0 Å². The molecule has 8 nitrogen and oxygen atoms in total. The lowest BCUT2D eigenvalue weighted by molar-refractivity contribution is -0.155. The van der Waals surface area contributed by atoms with Crippen LogP contribution in [0.3, 0.4) is 0 Å². The Kier molecular flexibility index (Phi) is 39.3. The second-order valence-electron chi connectivity index (χ2n) is 18.5. The SMILES string of the molecule is CCCCCCCCCCCCCCCCCC(=O)NC(COC(=O)CCCCCCCCCCCCCCCCC)C(=O)OCCC(C)(CC)OCCC(C)(C)OC. The largest absolute Gasteiger partial charge is 0.464 e. The van der Waals surface area contributed by atoms with E-state index >= 15 is 0 Å². The molecule has 0 spiro atoms. The van der Waals surface area contributed by atoms with E-state index in [0.717, 1.165) is 51.4 Å². The minimum absolute atomic E-state index is 0.148. The predicted octanol–water partition coefficient (Wildman–Crippen LogP) is 14.5. The highest BCUT2D eigenvalue weighted by atomic mass is 16.6. The van der Waals surface area contributed by atoms with E-state index in [1.54, 1.807) is 7.11 Å². The van der Waals surface area contributed by atoms with Gasteiger partial charge in [-0.05, 0) is 46.5 Å². The van der Waals surface area contributed by atoms with Crippen molar-refractivity contribution in [3.05, 3.63) is 0 Å². The van der Waals surface area contributed by atoms with E-state index in [9.17, 15) is 14.4 Å². The number of hydrogen-bond acceptors (Lipinski definition) is 7. The lowest BCUT2D eigenvalue weighted by atomic mass is 9.99. The molecule has 0 radical (unpaired) electrons. The third-order valence-electron chi connectivity index (χ3n) is 12.4. The summed E-state index contributed by atoms with van der Waals surface area (Å²) in [5.41, 5.74) is -0.737. The molecule has 0 aliphatic carbocycles. The van der Waals surface area contributed by atoms with Crippen molar-refractivity contribution in [2.45, 2.75) is 284 Å². The number of unbranched alkanes of at least 4 members (excludes halogenated alkanes) is 28. The van der Waals surface area contributed by atoms with Gasteiger partial charge in [-0.15, -0.1) is 0 Å². The summed E-state index contributed by atoms with van der Waals surface area (Å²) in [4.78, 5) is 38.9. The average molecular weight is 838 g/mol. The second-order valence-corrected chi connectivity index (χ2v) is 18.5. The van der Waals surface area contributed by atoms with Crippen molar-refractivity contribution in [3.63, 3.8) is 0 Å². The Hall–Kier alpha value is -1.67. The zero-order valence-electron chi connectivity index (χ0n) is 40.3. The summed E-state index contributed by atoms with van der Waals surface area (Å²) in [6, 6.07) is -1.03. The monoisotopic (exact) mass is 838 g/mol. The minimum atomic E-state index is -1.03. The molecule has 0 bridgehead atoms. The lowest BCUT2D eigenvalue weighted by Crippen LogP contribution is -2.45. The van der Waals surface area contributed by atoms with E-state index in [2.05, 4.69) is 26.1 Å². The molecule has 350 valence electrons. The van der Waals surface area contributed by atoms with Gasteiger partial charge in [0.05, 0.1) is 24.4 Å². The maximum absolute atomic E-state index is 13.3. The third-order valence-corrected chi connectivity index (χ3v) is 12.4. The smallest absolute Gasteiger partial charge is 0.332 e. The quantitative estimate of drug-likeness (QED) is 0.0481. The number of methoxy groups -OCH3 is 1. The fraction of sp³-hybridized carbons (Fsp3) is 0.941. The molecule has 0 aromatic rings. The molecule has 2 atom stereocenters. The second kappa shape index (κ2) is 40.4. The van der Waals surface area contributed by atoms with Crippen LogP contribution >= 0.6 is 0 Å². The van der Waals surface area contributed by atoms with Crippen LogP contribution in [0.5, 0.6) is 0 Å². The Labute approximate surface area is 365 Å². The number of amides is 1. The zero-order chi connectivity index (χ0) is 43.7. The van der Waals surface area contributed by atoms with Gasteiger partial charge in [-0.2, -0.15) is 0 Å². The van der Waals surface area contributed by atoms with Crippen LogP contribution in [0.2, 0.25) is 0 Å². The molecular weight excluding hydrogens is 739 g/mol. The fourth-order valence-corrected chi connectivity index (χ4v) is 7.45. The predicted molar refractivity (Wildman–Crippen MR) is 248 cm³/mol. The number of nitrogens with one attached hydrogen (secondary N) is 1. The van der Waals surface area contributed by atoms with Crippen LogP contribution in [0.4, 0.5) is 0 Å². The summed E-state index contributed by atoms with van der Waals surface area (Å²) in [6.45, 7) is 13.2. The van der Waals surface area contributed by atoms with Crippen LogP contribution in [0.25, 0.3) is 0 Å². The van der Waals surface area contributed by atoms with Crippen molar-refractivity contribution in [1.29, 1.82) is 0 Å². The van der Waals surface area contributed by atoms with Gasteiger partial charge in [-0.1, -0.05) is 201 Å². The molecule has 8 heteroatoms. The molecule has 0 fully saturated rings. The highest BCUT2D eigenvalue weighted by Gasteiger charge is 2.28. The maximum Gasteiger partial charge on any atom is 0.332 e. The Morgan fingerprint density at radius 3 is 1.27 bits per heavy atom. The van der Waals surface area contributed by atoms with Crippen molar-refractivity contribution in [2.75, 3.05) is 26.9 Å². The first-order valence-electron chi connectivity index (χ1n) is 25.3. The van der Waals surface area contributed by atoms with E-state index < -0.39 is 17.6 Å². The summed E-state index contributed by atoms with van der Waals surface area (Å²) in [6.07, 6.45) is 40.6. The third kappa shape index (κ3) is 37.8. The Morgan fingerprint density at radius 2 is 0.881 bits per heavy atom. The summed E-state index contributed by atoms with van der Waals surface area (Å²) < 4.78 is 23.0. The number of carbonyl (C=O) groups is 3. The minimum Gasteiger partial charge on any atom is -0.464 e. The summed E-state index contributed by atoms with van der Waals surface area (Å²) >= 11 is 0. The maximum atomic E-state index is 13.3. The molecule has 0 saturated carbocycles. The topological polar surface area (TPSA) is 100 Å².